The standard InChI is InChI=1S/C11H8ClF2N3O/c12-9-8(1-2-17-11(9)16)18-5-3-6(13)10(15)7(14)4-5/h1-4H,15H2,(H2,16,17). The summed E-state index contributed by atoms with van der Waals surface area (Å²) < 4.78 is 31.6. The molecule has 18 heavy (non-hydrogen) atoms. The molecular formula is C11H8ClF2N3O. The molecule has 0 saturated carbocycles. The third-order valence-electron chi connectivity index (χ3n) is 2.16. The van der Waals surface area contributed by atoms with Crippen molar-refractivity contribution in [2.45, 2.75) is 0 Å². The number of hydrogen-bond donors (Lipinski definition) is 2. The van der Waals surface area contributed by atoms with Crippen molar-refractivity contribution in [3.63, 3.8) is 0 Å². The molecule has 0 radical (unpaired) electrons. The lowest BCUT2D eigenvalue weighted by Gasteiger charge is -2.09. The van der Waals surface area contributed by atoms with Crippen LogP contribution in [-0.2, 0) is 0 Å². The minimum Gasteiger partial charge on any atom is -0.455 e. The van der Waals surface area contributed by atoms with Gasteiger partial charge in [0, 0.05) is 24.4 Å². The summed E-state index contributed by atoms with van der Waals surface area (Å²) in [5.74, 6) is -1.70. The number of anilines is 2. The molecule has 94 valence electrons. The first-order chi connectivity index (χ1) is 8.49. The first kappa shape index (κ1) is 12.4. The molecule has 0 saturated heterocycles. The summed E-state index contributed by atoms with van der Waals surface area (Å²) in [5.41, 5.74) is 10.0. The van der Waals surface area contributed by atoms with E-state index in [0.717, 1.165) is 12.1 Å². The molecule has 4 N–H and O–H groups in total. The van der Waals surface area contributed by atoms with Crippen LogP contribution in [0.25, 0.3) is 0 Å². The molecular weight excluding hydrogens is 264 g/mol. The van der Waals surface area contributed by atoms with E-state index in [1.54, 1.807) is 0 Å². The Morgan fingerprint density at radius 2 is 1.78 bits per heavy atom. The van der Waals surface area contributed by atoms with Gasteiger partial charge in [0.1, 0.15) is 22.3 Å². The summed E-state index contributed by atoms with van der Waals surface area (Å²) in [6, 6.07) is 3.32. The van der Waals surface area contributed by atoms with Crippen molar-refractivity contribution in [2.75, 3.05) is 11.5 Å². The van der Waals surface area contributed by atoms with E-state index in [9.17, 15) is 8.78 Å². The average molecular weight is 272 g/mol. The van der Waals surface area contributed by atoms with E-state index in [-0.39, 0.29) is 22.3 Å². The van der Waals surface area contributed by atoms with Crippen molar-refractivity contribution in [3.05, 3.63) is 41.1 Å². The van der Waals surface area contributed by atoms with Crippen LogP contribution >= 0.6 is 11.6 Å². The molecule has 0 unspecified atom stereocenters. The fourth-order valence-corrected chi connectivity index (χ4v) is 1.42. The molecule has 0 bridgehead atoms. The fraction of sp³-hybridized carbons (Fsp3) is 0. The SMILES string of the molecule is Nc1nccc(Oc2cc(F)c(N)c(F)c2)c1Cl. The van der Waals surface area contributed by atoms with E-state index in [0.29, 0.717) is 0 Å². The van der Waals surface area contributed by atoms with Gasteiger partial charge in [0.2, 0.25) is 0 Å². The second-order valence-corrected chi connectivity index (χ2v) is 3.79. The lowest BCUT2D eigenvalue weighted by atomic mass is 10.3. The van der Waals surface area contributed by atoms with Crippen LogP contribution in [0.2, 0.25) is 5.02 Å². The highest BCUT2D eigenvalue weighted by Gasteiger charge is 2.11. The molecule has 0 spiro atoms. The molecule has 1 aromatic heterocycles. The van der Waals surface area contributed by atoms with E-state index < -0.39 is 17.3 Å². The van der Waals surface area contributed by atoms with Crippen molar-refractivity contribution in [2.24, 2.45) is 0 Å². The van der Waals surface area contributed by atoms with Gasteiger partial charge in [-0.3, -0.25) is 0 Å². The first-order valence-corrected chi connectivity index (χ1v) is 5.19. The van der Waals surface area contributed by atoms with Crippen molar-refractivity contribution in [1.29, 1.82) is 0 Å². The van der Waals surface area contributed by atoms with Gasteiger partial charge < -0.3 is 16.2 Å². The Balaban J connectivity index is 2.37. The molecule has 2 aromatic rings. The Kier molecular flexibility index (Phi) is 3.20. The number of aromatic nitrogens is 1. The van der Waals surface area contributed by atoms with Crippen LogP contribution in [0.5, 0.6) is 11.5 Å². The summed E-state index contributed by atoms with van der Waals surface area (Å²) in [4.78, 5) is 3.73. The van der Waals surface area contributed by atoms with Crippen LogP contribution in [0.15, 0.2) is 24.4 Å². The van der Waals surface area contributed by atoms with Crippen LogP contribution in [-0.4, -0.2) is 4.98 Å². The van der Waals surface area contributed by atoms with Gasteiger partial charge in [-0.15, -0.1) is 0 Å². The van der Waals surface area contributed by atoms with Crippen LogP contribution in [0.4, 0.5) is 20.3 Å². The molecule has 4 nitrogen and oxygen atoms in total. The number of nitrogen functional groups attached to an aromatic ring is 2. The number of ether oxygens (including phenoxy) is 1. The Morgan fingerprint density at radius 3 is 2.39 bits per heavy atom. The number of nitrogens with two attached hydrogens (primary N) is 2. The second-order valence-electron chi connectivity index (χ2n) is 3.41. The highest BCUT2D eigenvalue weighted by Crippen LogP contribution is 2.33. The van der Waals surface area contributed by atoms with Gasteiger partial charge in [-0.1, -0.05) is 11.6 Å². The Hall–Kier alpha value is -2.08. The Morgan fingerprint density at radius 1 is 1.17 bits per heavy atom. The van der Waals surface area contributed by atoms with Crippen molar-refractivity contribution in [3.8, 4) is 11.5 Å². The highest BCUT2D eigenvalue weighted by molar-refractivity contribution is 6.34. The molecule has 0 aliphatic rings. The molecule has 0 aliphatic heterocycles. The lowest BCUT2D eigenvalue weighted by Crippen LogP contribution is -1.97. The number of nitrogens with zero attached hydrogens (tertiary/aromatic N) is 1. The maximum Gasteiger partial charge on any atom is 0.152 e. The van der Waals surface area contributed by atoms with E-state index >= 15 is 0 Å². The van der Waals surface area contributed by atoms with E-state index in [1.165, 1.54) is 12.3 Å². The summed E-state index contributed by atoms with van der Waals surface area (Å²) in [5, 5.41) is 0.0649. The van der Waals surface area contributed by atoms with Crippen molar-refractivity contribution >= 4 is 23.1 Å². The third-order valence-corrected chi connectivity index (χ3v) is 2.54. The van der Waals surface area contributed by atoms with Gasteiger partial charge in [0.15, 0.2) is 17.4 Å². The van der Waals surface area contributed by atoms with Gasteiger partial charge in [0.05, 0.1) is 0 Å². The van der Waals surface area contributed by atoms with E-state index in [4.69, 9.17) is 27.8 Å². The topological polar surface area (TPSA) is 74.2 Å². The average Bonchev–Trinajstić information content (AvgIpc) is 2.32. The van der Waals surface area contributed by atoms with Gasteiger partial charge >= 0.3 is 0 Å². The van der Waals surface area contributed by atoms with E-state index in [1.807, 2.05) is 0 Å². The predicted molar refractivity (Wildman–Crippen MR) is 64.5 cm³/mol. The van der Waals surface area contributed by atoms with Gasteiger partial charge in [-0.2, -0.15) is 0 Å². The Bertz CT molecular complexity index is 584. The summed E-state index contributed by atoms with van der Waals surface area (Å²) in [6.07, 6.45) is 1.36. The maximum atomic E-state index is 13.2. The van der Waals surface area contributed by atoms with Crippen molar-refractivity contribution < 1.29 is 13.5 Å². The quantitative estimate of drug-likeness (QED) is 0.824. The number of benzene rings is 1. The van der Waals surface area contributed by atoms with Crippen molar-refractivity contribution in [1.82, 2.24) is 4.98 Å². The summed E-state index contributed by atoms with van der Waals surface area (Å²) >= 11 is 5.83. The molecule has 1 aromatic carbocycles. The molecule has 0 amide bonds. The first-order valence-electron chi connectivity index (χ1n) is 4.81. The smallest absolute Gasteiger partial charge is 0.152 e. The van der Waals surface area contributed by atoms with Crippen LogP contribution < -0.4 is 16.2 Å². The zero-order valence-electron chi connectivity index (χ0n) is 8.95. The zero-order valence-corrected chi connectivity index (χ0v) is 9.71. The summed E-state index contributed by atoms with van der Waals surface area (Å²) in [6.45, 7) is 0. The largest absolute Gasteiger partial charge is 0.455 e. The van der Waals surface area contributed by atoms with Gasteiger partial charge in [-0.25, -0.2) is 13.8 Å². The molecule has 0 aliphatic carbocycles. The number of rotatable bonds is 2. The molecule has 0 atom stereocenters. The third kappa shape index (κ3) is 2.28. The summed E-state index contributed by atoms with van der Waals surface area (Å²) in [7, 11) is 0. The Labute approximate surface area is 106 Å². The number of hydrogen-bond acceptors (Lipinski definition) is 4. The second kappa shape index (κ2) is 4.66. The van der Waals surface area contributed by atoms with Crippen LogP contribution in [0, 0.1) is 11.6 Å². The van der Waals surface area contributed by atoms with Crippen LogP contribution in [0.3, 0.4) is 0 Å². The normalized spacial score (nSPS) is 10.4. The fourth-order valence-electron chi connectivity index (χ4n) is 1.27. The zero-order chi connectivity index (χ0) is 13.3. The predicted octanol–water partition coefficient (Wildman–Crippen LogP) is 2.97. The van der Waals surface area contributed by atoms with Gasteiger partial charge in [0.25, 0.3) is 0 Å². The maximum absolute atomic E-state index is 13.2. The van der Waals surface area contributed by atoms with Gasteiger partial charge in [-0.05, 0) is 0 Å². The van der Waals surface area contributed by atoms with E-state index in [2.05, 4.69) is 4.98 Å². The number of pyridine rings is 1. The number of halogens is 3. The lowest BCUT2D eigenvalue weighted by molar-refractivity contribution is 0.469. The highest BCUT2D eigenvalue weighted by atomic mass is 35.5. The molecule has 1 heterocycles. The monoisotopic (exact) mass is 271 g/mol. The minimum absolute atomic E-state index is 0.0607. The molecule has 7 heteroatoms. The van der Waals surface area contributed by atoms with Crippen LogP contribution in [0.1, 0.15) is 0 Å². The molecule has 2 rings (SSSR count). The molecule has 0 fully saturated rings. The minimum atomic E-state index is -0.914.